The molecule has 0 fully saturated rings. The zero-order chi connectivity index (χ0) is 18.4. The Hall–Kier alpha value is -2.04. The van der Waals surface area contributed by atoms with Gasteiger partial charge in [-0.25, -0.2) is 0 Å². The average Bonchev–Trinajstić information content (AvgIpc) is 2.58. The number of aryl methyl sites for hydroxylation is 1. The summed E-state index contributed by atoms with van der Waals surface area (Å²) < 4.78 is 5.18. The summed E-state index contributed by atoms with van der Waals surface area (Å²) in [6, 6.07) is 12.4. The van der Waals surface area contributed by atoms with Gasteiger partial charge in [0, 0.05) is 15.7 Å². The predicted molar refractivity (Wildman–Crippen MR) is 100 cm³/mol. The second-order valence-corrected chi connectivity index (χ2v) is 6.43. The van der Waals surface area contributed by atoms with Gasteiger partial charge in [-0.3, -0.25) is 9.59 Å². The molecule has 1 N–H and O–H groups in total. The molecule has 1 amide bonds. The molecule has 0 bridgehead atoms. The number of esters is 1. The summed E-state index contributed by atoms with van der Waals surface area (Å²) in [6.07, 6.45) is -0.0154. The molecule has 0 spiro atoms. The molecule has 2 aromatic rings. The Morgan fingerprint density at radius 2 is 1.80 bits per heavy atom. The Morgan fingerprint density at radius 1 is 1.12 bits per heavy atom. The number of benzene rings is 2. The van der Waals surface area contributed by atoms with Crippen molar-refractivity contribution in [3.63, 3.8) is 0 Å². The van der Waals surface area contributed by atoms with Gasteiger partial charge in [-0.15, -0.1) is 0 Å². The number of halogens is 2. The molecule has 1 atom stereocenters. The fraction of sp³-hybridized carbons (Fsp3) is 0.263. The number of rotatable bonds is 6. The van der Waals surface area contributed by atoms with Gasteiger partial charge >= 0.3 is 5.97 Å². The lowest BCUT2D eigenvalue weighted by molar-refractivity contribution is -0.152. The Bertz CT molecular complexity index is 760. The van der Waals surface area contributed by atoms with Gasteiger partial charge in [0.05, 0.1) is 6.42 Å². The van der Waals surface area contributed by atoms with Crippen molar-refractivity contribution in [3.05, 3.63) is 63.6 Å². The molecule has 0 saturated heterocycles. The van der Waals surface area contributed by atoms with Gasteiger partial charge in [-0.1, -0.05) is 48.3 Å². The zero-order valence-electron chi connectivity index (χ0n) is 14.0. The number of carbonyl (C=O) groups excluding carboxylic acids is 2. The van der Waals surface area contributed by atoms with Crippen molar-refractivity contribution < 1.29 is 14.3 Å². The minimum absolute atomic E-state index is 0.0289. The second-order valence-electron chi connectivity index (χ2n) is 5.58. The molecule has 0 saturated carbocycles. The van der Waals surface area contributed by atoms with Crippen molar-refractivity contribution in [1.82, 2.24) is 0 Å². The summed E-state index contributed by atoms with van der Waals surface area (Å²) in [4.78, 5) is 24.1. The van der Waals surface area contributed by atoms with Crippen molar-refractivity contribution in [2.24, 2.45) is 0 Å². The quantitative estimate of drug-likeness (QED) is 0.741. The molecule has 0 heterocycles. The minimum Gasteiger partial charge on any atom is -0.452 e. The van der Waals surface area contributed by atoms with E-state index < -0.39 is 12.1 Å². The Kier molecular flexibility index (Phi) is 6.85. The van der Waals surface area contributed by atoms with E-state index in [9.17, 15) is 9.59 Å². The minimum atomic E-state index is -0.913. The fourth-order valence-electron chi connectivity index (χ4n) is 2.18. The van der Waals surface area contributed by atoms with Crippen LogP contribution in [0.1, 0.15) is 25.0 Å². The van der Waals surface area contributed by atoms with Gasteiger partial charge in [-0.05, 0) is 48.7 Å². The van der Waals surface area contributed by atoms with Crippen LogP contribution in [0.25, 0.3) is 0 Å². The maximum absolute atomic E-state index is 12.1. The highest BCUT2D eigenvalue weighted by molar-refractivity contribution is 6.35. The number of anilines is 1. The second kappa shape index (κ2) is 8.88. The van der Waals surface area contributed by atoms with Crippen LogP contribution in [-0.2, 0) is 27.2 Å². The monoisotopic (exact) mass is 379 g/mol. The van der Waals surface area contributed by atoms with E-state index in [4.69, 9.17) is 27.9 Å². The molecular formula is C19H19Cl2NO3. The van der Waals surface area contributed by atoms with E-state index >= 15 is 0 Å². The lowest BCUT2D eigenvalue weighted by Gasteiger charge is -2.14. The topological polar surface area (TPSA) is 55.4 Å². The first kappa shape index (κ1) is 19.3. The molecule has 2 rings (SSSR count). The molecule has 6 heteroatoms. The van der Waals surface area contributed by atoms with Crippen LogP contribution in [0.5, 0.6) is 0 Å². The predicted octanol–water partition coefficient (Wildman–Crippen LogP) is 4.67. The molecule has 0 aliphatic rings. The van der Waals surface area contributed by atoms with Crippen molar-refractivity contribution >= 4 is 40.8 Å². The van der Waals surface area contributed by atoms with E-state index in [-0.39, 0.29) is 12.3 Å². The summed E-state index contributed by atoms with van der Waals surface area (Å²) in [5.41, 5.74) is 2.43. The third-order valence-electron chi connectivity index (χ3n) is 3.66. The van der Waals surface area contributed by atoms with Gasteiger partial charge in [0.2, 0.25) is 0 Å². The van der Waals surface area contributed by atoms with Crippen LogP contribution in [0.2, 0.25) is 10.0 Å². The van der Waals surface area contributed by atoms with Crippen LogP contribution in [0.15, 0.2) is 42.5 Å². The largest absolute Gasteiger partial charge is 0.452 e. The summed E-state index contributed by atoms with van der Waals surface area (Å²) >= 11 is 11.9. The highest BCUT2D eigenvalue weighted by Gasteiger charge is 2.19. The van der Waals surface area contributed by atoms with Crippen molar-refractivity contribution in [2.45, 2.75) is 32.8 Å². The number of nitrogens with one attached hydrogen (secondary N) is 1. The van der Waals surface area contributed by atoms with Crippen molar-refractivity contribution in [1.29, 1.82) is 0 Å². The van der Waals surface area contributed by atoms with Crippen molar-refractivity contribution in [3.8, 4) is 0 Å². The first-order chi connectivity index (χ1) is 11.9. The molecule has 25 heavy (non-hydrogen) atoms. The van der Waals surface area contributed by atoms with Crippen LogP contribution in [0, 0.1) is 0 Å². The first-order valence-corrected chi connectivity index (χ1v) is 8.68. The van der Waals surface area contributed by atoms with E-state index in [0.29, 0.717) is 21.3 Å². The lowest BCUT2D eigenvalue weighted by Crippen LogP contribution is -2.30. The van der Waals surface area contributed by atoms with E-state index in [1.165, 1.54) is 12.5 Å². The van der Waals surface area contributed by atoms with E-state index in [2.05, 4.69) is 12.2 Å². The maximum atomic E-state index is 12.1. The SMILES string of the molecule is CCc1ccc(NC(=O)[C@H](C)OC(=O)Cc2ccc(Cl)cc2Cl)cc1. The molecule has 0 unspecified atom stereocenters. The Balaban J connectivity index is 1.89. The fourth-order valence-corrected chi connectivity index (χ4v) is 2.66. The van der Waals surface area contributed by atoms with E-state index in [1.54, 1.807) is 18.2 Å². The van der Waals surface area contributed by atoms with Crippen LogP contribution >= 0.6 is 23.2 Å². The summed E-state index contributed by atoms with van der Waals surface area (Å²) in [6.45, 7) is 3.58. The molecule has 4 nitrogen and oxygen atoms in total. The number of carbonyl (C=O) groups is 2. The third-order valence-corrected chi connectivity index (χ3v) is 4.24. The van der Waals surface area contributed by atoms with Crippen LogP contribution in [0.4, 0.5) is 5.69 Å². The highest BCUT2D eigenvalue weighted by Crippen LogP contribution is 2.21. The molecule has 0 aliphatic heterocycles. The summed E-state index contributed by atoms with van der Waals surface area (Å²) in [7, 11) is 0. The summed E-state index contributed by atoms with van der Waals surface area (Å²) in [5.74, 6) is -0.923. The highest BCUT2D eigenvalue weighted by atomic mass is 35.5. The van der Waals surface area contributed by atoms with Gasteiger partial charge in [0.15, 0.2) is 6.10 Å². The number of hydrogen-bond donors (Lipinski definition) is 1. The first-order valence-electron chi connectivity index (χ1n) is 7.92. The van der Waals surface area contributed by atoms with Crippen LogP contribution < -0.4 is 5.32 Å². The average molecular weight is 380 g/mol. The Morgan fingerprint density at radius 3 is 2.40 bits per heavy atom. The molecule has 0 radical (unpaired) electrons. The normalized spacial score (nSPS) is 11.7. The lowest BCUT2D eigenvalue weighted by atomic mass is 10.1. The Labute approximate surface area is 157 Å². The van der Waals surface area contributed by atoms with E-state index in [1.807, 2.05) is 24.3 Å². The molecular weight excluding hydrogens is 361 g/mol. The molecule has 0 aromatic heterocycles. The molecule has 2 aromatic carbocycles. The smallest absolute Gasteiger partial charge is 0.311 e. The van der Waals surface area contributed by atoms with Gasteiger partial charge in [-0.2, -0.15) is 0 Å². The van der Waals surface area contributed by atoms with Crippen molar-refractivity contribution in [2.75, 3.05) is 5.32 Å². The van der Waals surface area contributed by atoms with Crippen LogP contribution in [-0.4, -0.2) is 18.0 Å². The molecule has 132 valence electrons. The molecule has 0 aliphatic carbocycles. The standard InChI is InChI=1S/C19H19Cl2NO3/c1-3-13-4-8-16(9-5-13)22-19(24)12(2)25-18(23)10-14-6-7-15(20)11-17(14)21/h4-9,11-12H,3,10H2,1-2H3,(H,22,24)/t12-/m0/s1. The number of hydrogen-bond acceptors (Lipinski definition) is 3. The van der Waals surface area contributed by atoms with E-state index in [0.717, 1.165) is 6.42 Å². The zero-order valence-corrected chi connectivity index (χ0v) is 15.5. The maximum Gasteiger partial charge on any atom is 0.311 e. The van der Waals surface area contributed by atoms with Gasteiger partial charge < -0.3 is 10.1 Å². The number of amides is 1. The summed E-state index contributed by atoms with van der Waals surface area (Å²) in [5, 5.41) is 3.60. The third kappa shape index (κ3) is 5.76. The van der Waals surface area contributed by atoms with Gasteiger partial charge in [0.25, 0.3) is 5.91 Å². The van der Waals surface area contributed by atoms with Crippen LogP contribution in [0.3, 0.4) is 0 Å². The van der Waals surface area contributed by atoms with Gasteiger partial charge in [0.1, 0.15) is 0 Å². The number of ether oxygens (including phenoxy) is 1.